The van der Waals surface area contributed by atoms with Gasteiger partial charge in [-0.25, -0.2) is 0 Å². The molecule has 0 aliphatic heterocycles. The molecular formula is C21H25NaO7S. The molecule has 30 heavy (non-hydrogen) atoms. The van der Waals surface area contributed by atoms with Crippen LogP contribution in [0.1, 0.15) is 34.3 Å². The Kier molecular flexibility index (Phi) is 12.8. The van der Waals surface area contributed by atoms with E-state index >= 15 is 0 Å². The molecule has 0 bridgehead atoms. The second-order valence-electron chi connectivity index (χ2n) is 6.26. The summed E-state index contributed by atoms with van der Waals surface area (Å²) in [6, 6.07) is 14.3. The number of benzene rings is 2. The molecule has 0 aromatic heterocycles. The number of carbonyl (C=O) groups excluding carboxylic acids is 1. The Morgan fingerprint density at radius 3 is 2.37 bits per heavy atom. The van der Waals surface area contributed by atoms with Gasteiger partial charge in [0.1, 0.15) is 5.75 Å². The van der Waals surface area contributed by atoms with Crippen LogP contribution in [0.5, 0.6) is 5.75 Å². The first-order chi connectivity index (χ1) is 14.1. The van der Waals surface area contributed by atoms with Crippen molar-refractivity contribution < 1.29 is 63.2 Å². The minimum Gasteiger partial charge on any atom is -0.691 e. The number of ketones is 1. The van der Waals surface area contributed by atoms with Crippen LogP contribution < -0.4 is 39.6 Å². The average Bonchev–Trinajstić information content (AvgIpc) is 2.75. The first-order valence-electron chi connectivity index (χ1n) is 9.10. The van der Waals surface area contributed by atoms with Crippen molar-refractivity contribution >= 4 is 17.8 Å². The molecule has 0 heterocycles. The standard InChI is InChI=1S/C21H26O7S.Na/c1-16-7-6-8-18(15-16)21(24-2,25-3)20(22)17-9-11-19(12-10-17)26-13-4-5-14-29-28-27-23;/h6-12,15,23H,4-5,13-14H2,1-3H3;/q;+1/p-1. The molecule has 0 N–H and O–H groups in total. The second-order valence-corrected chi connectivity index (χ2v) is 7.04. The summed E-state index contributed by atoms with van der Waals surface area (Å²) < 4.78 is 21.0. The van der Waals surface area contributed by atoms with Crippen LogP contribution in [0.2, 0.25) is 0 Å². The van der Waals surface area contributed by atoms with Crippen molar-refractivity contribution in [1.29, 1.82) is 0 Å². The Labute approximate surface area is 203 Å². The molecule has 0 fully saturated rings. The van der Waals surface area contributed by atoms with E-state index in [1.54, 1.807) is 24.3 Å². The second kappa shape index (κ2) is 14.2. The molecule has 7 nitrogen and oxygen atoms in total. The summed E-state index contributed by atoms with van der Waals surface area (Å²) in [5, 5.41) is 12.9. The minimum atomic E-state index is -1.51. The van der Waals surface area contributed by atoms with Gasteiger partial charge in [0, 0.05) is 43.1 Å². The van der Waals surface area contributed by atoms with Gasteiger partial charge in [-0.1, -0.05) is 29.8 Å². The summed E-state index contributed by atoms with van der Waals surface area (Å²) in [5.74, 6) is -0.516. The van der Waals surface area contributed by atoms with E-state index in [0.29, 0.717) is 29.2 Å². The molecule has 0 unspecified atom stereocenters. The molecule has 2 aromatic carbocycles. The number of Topliss-reactive ketones (excluding diaryl/α,β-unsaturated/α-hetero) is 1. The molecule has 0 spiro atoms. The van der Waals surface area contributed by atoms with Crippen LogP contribution >= 0.6 is 12.0 Å². The third kappa shape index (κ3) is 7.33. The monoisotopic (exact) mass is 444 g/mol. The maximum atomic E-state index is 13.2. The van der Waals surface area contributed by atoms with E-state index in [-0.39, 0.29) is 35.3 Å². The van der Waals surface area contributed by atoms with Crippen LogP contribution in [0.3, 0.4) is 0 Å². The first-order valence-corrected chi connectivity index (χ1v) is 10.0. The molecule has 158 valence electrons. The molecule has 0 atom stereocenters. The van der Waals surface area contributed by atoms with Gasteiger partial charge < -0.3 is 19.5 Å². The third-order valence-electron chi connectivity index (χ3n) is 4.36. The summed E-state index contributed by atoms with van der Waals surface area (Å²) in [7, 11) is 2.90. The fourth-order valence-electron chi connectivity index (χ4n) is 2.88. The zero-order chi connectivity index (χ0) is 21.1. The van der Waals surface area contributed by atoms with Gasteiger partial charge in [-0.15, -0.1) is 0 Å². The normalized spacial score (nSPS) is 11.1. The predicted octanol–water partition coefficient (Wildman–Crippen LogP) is 0.358. The van der Waals surface area contributed by atoms with E-state index in [9.17, 15) is 10.1 Å². The Bertz CT molecular complexity index is 766. The maximum Gasteiger partial charge on any atom is 1.00 e. The number of unbranched alkanes of at least 4 members (excludes halogenated alkanes) is 1. The molecule has 2 aromatic rings. The topological polar surface area (TPSA) is 86.3 Å². The van der Waals surface area contributed by atoms with Gasteiger partial charge >= 0.3 is 29.6 Å². The summed E-state index contributed by atoms with van der Waals surface area (Å²) in [6.07, 6.45) is 1.60. The van der Waals surface area contributed by atoms with Gasteiger partial charge in [0.25, 0.3) is 5.79 Å². The number of ether oxygens (including phenoxy) is 3. The van der Waals surface area contributed by atoms with Crippen LogP contribution in [0.4, 0.5) is 0 Å². The molecule has 0 aliphatic carbocycles. The van der Waals surface area contributed by atoms with Crippen LogP contribution in [-0.2, 0) is 24.6 Å². The number of aryl methyl sites for hydroxylation is 1. The molecule has 2 rings (SSSR count). The van der Waals surface area contributed by atoms with Gasteiger partial charge in [0.15, 0.2) is 0 Å². The van der Waals surface area contributed by atoms with E-state index in [1.165, 1.54) is 14.2 Å². The van der Waals surface area contributed by atoms with Crippen molar-refractivity contribution in [2.75, 3.05) is 26.6 Å². The van der Waals surface area contributed by atoms with Crippen LogP contribution in [0, 0.1) is 6.92 Å². The molecule has 0 radical (unpaired) electrons. The van der Waals surface area contributed by atoms with E-state index in [4.69, 9.17) is 14.2 Å². The average molecular weight is 444 g/mol. The number of hydrogen-bond acceptors (Lipinski definition) is 8. The van der Waals surface area contributed by atoms with Gasteiger partial charge in [-0.3, -0.25) is 9.83 Å². The quantitative estimate of drug-likeness (QED) is 0.0833. The van der Waals surface area contributed by atoms with Crippen molar-refractivity contribution in [2.24, 2.45) is 0 Å². The van der Waals surface area contributed by atoms with Gasteiger partial charge in [-0.05, 0) is 44.0 Å². The third-order valence-corrected chi connectivity index (χ3v) is 4.96. The SMILES string of the molecule is COC(OC)(C(=O)c1ccc(OCCCCSOO[O-])cc1)c1cccc(C)c1.[Na+]. The molecule has 0 amide bonds. The fourth-order valence-corrected chi connectivity index (χ4v) is 3.31. The number of rotatable bonds is 13. The Morgan fingerprint density at radius 2 is 1.77 bits per heavy atom. The molecular weight excluding hydrogens is 419 g/mol. The molecule has 0 saturated carbocycles. The fraction of sp³-hybridized carbons (Fsp3) is 0.381. The first kappa shape index (κ1) is 27.1. The van der Waals surface area contributed by atoms with Crippen LogP contribution in [-0.4, -0.2) is 32.4 Å². The van der Waals surface area contributed by atoms with E-state index in [2.05, 4.69) is 9.37 Å². The zero-order valence-electron chi connectivity index (χ0n) is 17.7. The number of hydrogen-bond donors (Lipinski definition) is 0. The van der Waals surface area contributed by atoms with Crippen molar-refractivity contribution in [1.82, 2.24) is 0 Å². The molecule has 0 aliphatic rings. The van der Waals surface area contributed by atoms with E-state index in [1.807, 2.05) is 31.2 Å². The van der Waals surface area contributed by atoms with E-state index < -0.39 is 5.79 Å². The predicted molar refractivity (Wildman–Crippen MR) is 107 cm³/mol. The Balaban J connectivity index is 0.00000450. The van der Waals surface area contributed by atoms with Crippen molar-refractivity contribution in [2.45, 2.75) is 25.6 Å². The Morgan fingerprint density at radius 1 is 1.07 bits per heavy atom. The van der Waals surface area contributed by atoms with Crippen molar-refractivity contribution in [3.05, 3.63) is 65.2 Å². The maximum absolute atomic E-state index is 13.2. The zero-order valence-corrected chi connectivity index (χ0v) is 20.5. The molecule has 9 heteroatoms. The summed E-state index contributed by atoms with van der Waals surface area (Å²) >= 11 is 0.959. The smallest absolute Gasteiger partial charge is 0.691 e. The van der Waals surface area contributed by atoms with E-state index in [0.717, 1.165) is 30.4 Å². The summed E-state index contributed by atoms with van der Waals surface area (Å²) in [5.41, 5.74) is 2.09. The number of methoxy groups -OCH3 is 2. The largest absolute Gasteiger partial charge is 1.00 e. The van der Waals surface area contributed by atoms with Gasteiger partial charge in [-0.2, -0.15) is 4.33 Å². The number of carbonyl (C=O) groups is 1. The van der Waals surface area contributed by atoms with Gasteiger partial charge in [0.05, 0.1) is 6.61 Å². The van der Waals surface area contributed by atoms with Crippen LogP contribution in [0.25, 0.3) is 0 Å². The Hall–Kier alpha value is -0.940. The van der Waals surface area contributed by atoms with Crippen LogP contribution in [0.15, 0.2) is 48.5 Å². The van der Waals surface area contributed by atoms with Crippen molar-refractivity contribution in [3.8, 4) is 5.75 Å². The molecule has 0 saturated heterocycles. The summed E-state index contributed by atoms with van der Waals surface area (Å²) in [4.78, 5) is 13.2. The summed E-state index contributed by atoms with van der Waals surface area (Å²) in [6.45, 7) is 2.45. The van der Waals surface area contributed by atoms with Gasteiger partial charge in [0.2, 0.25) is 5.78 Å². The van der Waals surface area contributed by atoms with Crippen molar-refractivity contribution in [3.63, 3.8) is 0 Å². The minimum absolute atomic E-state index is 0.